The van der Waals surface area contributed by atoms with Crippen LogP contribution in [0.4, 0.5) is 13.6 Å². The summed E-state index contributed by atoms with van der Waals surface area (Å²) in [6.07, 6.45) is -0.350. The Hall–Kier alpha value is -1.69. The van der Waals surface area contributed by atoms with Crippen molar-refractivity contribution in [3.05, 3.63) is 35.4 Å². The van der Waals surface area contributed by atoms with E-state index in [-0.39, 0.29) is 24.2 Å². The third kappa shape index (κ3) is 4.14. The maximum Gasteiger partial charge on any atom is 0.410 e. The number of benzene rings is 1. The number of likely N-dealkylation sites (tertiary alicyclic amines) is 1. The van der Waals surface area contributed by atoms with Gasteiger partial charge in [-0.05, 0) is 26.8 Å². The van der Waals surface area contributed by atoms with Crippen molar-refractivity contribution in [3.8, 4) is 0 Å². The summed E-state index contributed by atoms with van der Waals surface area (Å²) in [6, 6.07) is 4.17. The predicted molar refractivity (Wildman–Crippen MR) is 74.8 cm³/mol. The third-order valence-corrected chi connectivity index (χ3v) is 3.15. The van der Waals surface area contributed by atoms with Crippen LogP contribution in [0.15, 0.2) is 18.2 Å². The minimum absolute atomic E-state index is 0.0696. The molecular formula is C15H20F2N2O2. The number of carbonyl (C=O) groups excluding carboxylic acids is 1. The second kappa shape index (κ2) is 5.97. The smallest absolute Gasteiger partial charge is 0.410 e. The summed E-state index contributed by atoms with van der Waals surface area (Å²) in [4.78, 5) is 13.3. The molecule has 1 aromatic rings. The standard InChI is InChI=1S/C15H20F2N2O2/c1-15(2,3)21-14(20)19-8-11(9-19)18-7-10-5-4-6-12(16)13(10)17/h4-6,11,18H,7-9H2,1-3H3. The predicted octanol–water partition coefficient (Wildman–Crippen LogP) is 2.67. The minimum Gasteiger partial charge on any atom is -0.444 e. The lowest BCUT2D eigenvalue weighted by molar-refractivity contribution is 0.00515. The van der Waals surface area contributed by atoms with Gasteiger partial charge in [0.05, 0.1) is 0 Å². The van der Waals surface area contributed by atoms with Gasteiger partial charge in [0, 0.05) is 31.2 Å². The Morgan fingerprint density at radius 2 is 2.05 bits per heavy atom. The van der Waals surface area contributed by atoms with Gasteiger partial charge >= 0.3 is 6.09 Å². The number of carbonyl (C=O) groups is 1. The molecule has 21 heavy (non-hydrogen) atoms. The van der Waals surface area contributed by atoms with Crippen LogP contribution < -0.4 is 5.32 Å². The van der Waals surface area contributed by atoms with Crippen molar-refractivity contribution in [2.24, 2.45) is 0 Å². The number of nitrogens with zero attached hydrogens (tertiary/aromatic N) is 1. The third-order valence-electron chi connectivity index (χ3n) is 3.15. The molecule has 1 aromatic carbocycles. The van der Waals surface area contributed by atoms with Crippen molar-refractivity contribution in [2.75, 3.05) is 13.1 Å². The maximum absolute atomic E-state index is 13.5. The van der Waals surface area contributed by atoms with Crippen molar-refractivity contribution in [1.82, 2.24) is 10.2 Å². The summed E-state index contributed by atoms with van der Waals surface area (Å²) in [5.74, 6) is -1.67. The van der Waals surface area contributed by atoms with Gasteiger partial charge in [-0.25, -0.2) is 13.6 Å². The van der Waals surface area contributed by atoms with Crippen molar-refractivity contribution < 1.29 is 18.3 Å². The van der Waals surface area contributed by atoms with Crippen molar-refractivity contribution in [3.63, 3.8) is 0 Å². The molecule has 0 saturated carbocycles. The van der Waals surface area contributed by atoms with E-state index in [1.165, 1.54) is 12.1 Å². The topological polar surface area (TPSA) is 41.6 Å². The lowest BCUT2D eigenvalue weighted by Gasteiger charge is -2.40. The highest BCUT2D eigenvalue weighted by Crippen LogP contribution is 2.16. The minimum atomic E-state index is -0.849. The summed E-state index contributed by atoms with van der Waals surface area (Å²) >= 11 is 0. The molecule has 1 heterocycles. The van der Waals surface area contributed by atoms with Crippen LogP contribution in [0.2, 0.25) is 0 Å². The number of ether oxygens (including phenoxy) is 1. The van der Waals surface area contributed by atoms with Gasteiger partial charge in [0.1, 0.15) is 5.60 Å². The van der Waals surface area contributed by atoms with Gasteiger partial charge in [-0.1, -0.05) is 12.1 Å². The molecule has 0 spiro atoms. The summed E-state index contributed by atoms with van der Waals surface area (Å²) < 4.78 is 31.8. The summed E-state index contributed by atoms with van der Waals surface area (Å²) in [7, 11) is 0. The van der Waals surface area contributed by atoms with Gasteiger partial charge in [-0.3, -0.25) is 0 Å². The SMILES string of the molecule is CC(C)(C)OC(=O)N1CC(NCc2cccc(F)c2F)C1. The quantitative estimate of drug-likeness (QED) is 0.933. The first-order valence-corrected chi connectivity index (χ1v) is 6.90. The van der Waals surface area contributed by atoms with Crippen LogP contribution in [0, 0.1) is 11.6 Å². The lowest BCUT2D eigenvalue weighted by atomic mass is 10.1. The van der Waals surface area contributed by atoms with Gasteiger partial charge in [-0.15, -0.1) is 0 Å². The Bertz CT molecular complexity index is 523. The van der Waals surface area contributed by atoms with Crippen LogP contribution in [-0.2, 0) is 11.3 Å². The maximum atomic E-state index is 13.5. The van der Waals surface area contributed by atoms with E-state index in [0.29, 0.717) is 13.1 Å². The highest BCUT2D eigenvalue weighted by molar-refractivity contribution is 5.69. The Kier molecular flexibility index (Phi) is 4.46. The fourth-order valence-corrected chi connectivity index (χ4v) is 2.02. The molecule has 1 fully saturated rings. The van der Waals surface area contributed by atoms with E-state index in [9.17, 15) is 13.6 Å². The Morgan fingerprint density at radius 1 is 1.38 bits per heavy atom. The van der Waals surface area contributed by atoms with E-state index in [1.807, 2.05) is 20.8 Å². The molecule has 0 radical (unpaired) electrons. The van der Waals surface area contributed by atoms with Crippen molar-refractivity contribution in [2.45, 2.75) is 39.0 Å². The zero-order valence-electron chi connectivity index (χ0n) is 12.5. The van der Waals surface area contributed by atoms with Gasteiger partial charge in [-0.2, -0.15) is 0 Å². The van der Waals surface area contributed by atoms with E-state index in [4.69, 9.17) is 4.74 Å². The molecule has 1 saturated heterocycles. The Morgan fingerprint density at radius 3 is 2.67 bits per heavy atom. The number of hydrogen-bond acceptors (Lipinski definition) is 3. The largest absolute Gasteiger partial charge is 0.444 e. The van der Waals surface area contributed by atoms with Crippen molar-refractivity contribution >= 4 is 6.09 Å². The number of halogens is 2. The van der Waals surface area contributed by atoms with E-state index < -0.39 is 17.2 Å². The molecule has 4 nitrogen and oxygen atoms in total. The van der Waals surface area contributed by atoms with E-state index in [0.717, 1.165) is 6.07 Å². The van der Waals surface area contributed by atoms with E-state index in [1.54, 1.807) is 4.90 Å². The summed E-state index contributed by atoms with van der Waals surface area (Å²) in [6.45, 7) is 6.68. The van der Waals surface area contributed by atoms with Crippen LogP contribution in [0.3, 0.4) is 0 Å². The molecule has 2 rings (SSSR count). The van der Waals surface area contributed by atoms with Gasteiger partial charge in [0.25, 0.3) is 0 Å². The highest BCUT2D eigenvalue weighted by Gasteiger charge is 2.33. The second-order valence-corrected chi connectivity index (χ2v) is 6.18. The number of nitrogens with one attached hydrogen (secondary N) is 1. The number of rotatable bonds is 3. The van der Waals surface area contributed by atoms with Crippen LogP contribution in [0.1, 0.15) is 26.3 Å². The fraction of sp³-hybridized carbons (Fsp3) is 0.533. The van der Waals surface area contributed by atoms with Crippen molar-refractivity contribution in [1.29, 1.82) is 0 Å². The molecule has 0 aliphatic carbocycles. The lowest BCUT2D eigenvalue weighted by Crippen LogP contribution is -2.60. The molecule has 0 unspecified atom stereocenters. The van der Waals surface area contributed by atoms with Crippen LogP contribution in [-0.4, -0.2) is 35.7 Å². The first kappa shape index (κ1) is 15.7. The van der Waals surface area contributed by atoms with E-state index in [2.05, 4.69) is 5.32 Å². The Balaban J connectivity index is 1.76. The molecule has 0 aromatic heterocycles. The first-order valence-electron chi connectivity index (χ1n) is 6.90. The summed E-state index contributed by atoms with van der Waals surface area (Å²) in [5.41, 5.74) is -0.231. The normalized spacial score (nSPS) is 15.8. The molecule has 116 valence electrons. The second-order valence-electron chi connectivity index (χ2n) is 6.18. The zero-order chi connectivity index (χ0) is 15.6. The van der Waals surface area contributed by atoms with Gasteiger partial charge < -0.3 is 15.0 Å². The summed E-state index contributed by atoms with van der Waals surface area (Å²) in [5, 5.41) is 3.10. The average molecular weight is 298 g/mol. The molecular weight excluding hydrogens is 278 g/mol. The monoisotopic (exact) mass is 298 g/mol. The first-order chi connectivity index (χ1) is 9.76. The molecule has 1 aliphatic heterocycles. The molecule has 1 N–H and O–H groups in total. The fourth-order valence-electron chi connectivity index (χ4n) is 2.02. The molecule has 1 amide bonds. The zero-order valence-corrected chi connectivity index (χ0v) is 12.5. The van der Waals surface area contributed by atoms with Gasteiger partial charge in [0.15, 0.2) is 11.6 Å². The molecule has 1 aliphatic rings. The molecule has 6 heteroatoms. The van der Waals surface area contributed by atoms with Gasteiger partial charge in [0.2, 0.25) is 0 Å². The van der Waals surface area contributed by atoms with Crippen LogP contribution >= 0.6 is 0 Å². The highest BCUT2D eigenvalue weighted by atomic mass is 19.2. The number of amides is 1. The molecule has 0 atom stereocenters. The Labute approximate surface area is 123 Å². The number of hydrogen-bond donors (Lipinski definition) is 1. The average Bonchev–Trinajstić information content (AvgIpc) is 2.30. The van der Waals surface area contributed by atoms with E-state index >= 15 is 0 Å². The van der Waals surface area contributed by atoms with Crippen LogP contribution in [0.25, 0.3) is 0 Å². The molecule has 0 bridgehead atoms. The van der Waals surface area contributed by atoms with Crippen LogP contribution in [0.5, 0.6) is 0 Å².